The Morgan fingerprint density at radius 3 is 2.32 bits per heavy atom. The van der Waals surface area contributed by atoms with E-state index in [1.807, 2.05) is 0 Å². The molecule has 0 heterocycles. The molecule has 0 atom stereocenters. The van der Waals surface area contributed by atoms with Gasteiger partial charge in [0.1, 0.15) is 10.7 Å². The predicted molar refractivity (Wildman–Crippen MR) is 130 cm³/mol. The van der Waals surface area contributed by atoms with E-state index in [0.29, 0.717) is 5.56 Å². The highest BCUT2D eigenvalue weighted by atomic mass is 32.2. The molecule has 3 aromatic rings. The van der Waals surface area contributed by atoms with Crippen molar-refractivity contribution in [3.8, 4) is 11.5 Å². The van der Waals surface area contributed by atoms with Crippen molar-refractivity contribution in [1.82, 2.24) is 4.90 Å². The summed E-state index contributed by atoms with van der Waals surface area (Å²) in [6.07, 6.45) is -4.58. The Labute approximate surface area is 216 Å². The maximum atomic E-state index is 13.2. The molecule has 0 saturated heterocycles. The number of nitrogens with zero attached hydrogens (tertiary/aromatic N) is 1. The monoisotopic (exact) mass is 556 g/mol. The van der Waals surface area contributed by atoms with Crippen molar-refractivity contribution in [2.75, 3.05) is 32.7 Å². The number of carbonyl (C=O) groups is 1. The van der Waals surface area contributed by atoms with Crippen LogP contribution in [-0.2, 0) is 27.6 Å². The first-order valence-corrected chi connectivity index (χ1v) is 12.4. The number of hydrogen-bond donors (Lipinski definition) is 1. The van der Waals surface area contributed by atoms with Crippen LogP contribution in [0, 0.1) is 5.82 Å². The van der Waals surface area contributed by atoms with Crippen LogP contribution >= 0.6 is 0 Å². The molecular formula is C25H24F4N2O6S. The molecule has 0 aliphatic heterocycles. The van der Waals surface area contributed by atoms with Gasteiger partial charge in [-0.3, -0.25) is 0 Å². The second-order valence-corrected chi connectivity index (χ2v) is 9.45. The normalized spacial score (nSPS) is 11.6. The molecule has 204 valence electrons. The van der Waals surface area contributed by atoms with E-state index in [4.69, 9.17) is 13.7 Å². The minimum Gasteiger partial charge on any atom is -0.493 e. The van der Waals surface area contributed by atoms with Crippen LogP contribution < -0.4 is 14.2 Å². The molecular weight excluding hydrogens is 532 g/mol. The van der Waals surface area contributed by atoms with Gasteiger partial charge in [-0.1, -0.05) is 12.1 Å². The second kappa shape index (κ2) is 12.1. The molecule has 13 heteroatoms. The average molecular weight is 557 g/mol. The zero-order chi connectivity index (χ0) is 27.9. The minimum absolute atomic E-state index is 0.0589. The fourth-order valence-electron chi connectivity index (χ4n) is 3.30. The van der Waals surface area contributed by atoms with Crippen LogP contribution in [0.25, 0.3) is 0 Å². The van der Waals surface area contributed by atoms with E-state index in [-0.39, 0.29) is 41.8 Å². The van der Waals surface area contributed by atoms with Crippen molar-refractivity contribution in [2.45, 2.75) is 17.6 Å². The lowest BCUT2D eigenvalue weighted by Crippen LogP contribution is -2.36. The number of benzene rings is 3. The second-order valence-electron chi connectivity index (χ2n) is 7.90. The van der Waals surface area contributed by atoms with E-state index >= 15 is 0 Å². The summed E-state index contributed by atoms with van der Waals surface area (Å²) in [5.74, 6) is -0.723. The summed E-state index contributed by atoms with van der Waals surface area (Å²) >= 11 is 0. The largest absolute Gasteiger partial charge is 0.493 e. The Bertz CT molecular complexity index is 1370. The van der Waals surface area contributed by atoms with Crippen molar-refractivity contribution in [1.29, 1.82) is 0 Å². The molecule has 3 rings (SSSR count). The number of alkyl halides is 3. The number of urea groups is 1. The van der Waals surface area contributed by atoms with Gasteiger partial charge in [0.05, 0.1) is 19.3 Å². The molecule has 0 spiro atoms. The van der Waals surface area contributed by atoms with Gasteiger partial charge in [0.15, 0.2) is 11.5 Å². The average Bonchev–Trinajstić information content (AvgIpc) is 2.86. The first-order valence-electron chi connectivity index (χ1n) is 11.0. The van der Waals surface area contributed by atoms with Gasteiger partial charge < -0.3 is 23.9 Å². The Morgan fingerprint density at radius 1 is 0.974 bits per heavy atom. The summed E-state index contributed by atoms with van der Waals surface area (Å²) in [5.41, 5.74) is -0.556. The van der Waals surface area contributed by atoms with Gasteiger partial charge in [0.2, 0.25) is 0 Å². The first-order chi connectivity index (χ1) is 17.9. The minimum atomic E-state index is -4.58. The molecule has 0 aliphatic rings. The summed E-state index contributed by atoms with van der Waals surface area (Å²) in [6, 6.07) is 11.9. The third-order valence-electron chi connectivity index (χ3n) is 5.20. The van der Waals surface area contributed by atoms with E-state index in [0.717, 1.165) is 36.4 Å². The molecule has 1 N–H and O–H groups in total. The van der Waals surface area contributed by atoms with Gasteiger partial charge in [-0.15, -0.1) is 0 Å². The highest BCUT2D eigenvalue weighted by Gasteiger charge is 2.30. The van der Waals surface area contributed by atoms with Crippen LogP contribution in [0.3, 0.4) is 0 Å². The molecule has 0 bridgehead atoms. The molecule has 0 radical (unpaired) electrons. The topological polar surface area (TPSA) is 94.2 Å². The number of nitrogens with one attached hydrogen (secondary N) is 1. The molecule has 3 aromatic carbocycles. The number of ether oxygens (including phenoxy) is 2. The van der Waals surface area contributed by atoms with Gasteiger partial charge >= 0.3 is 22.3 Å². The van der Waals surface area contributed by atoms with Gasteiger partial charge in [-0.05, 0) is 60.2 Å². The number of carbonyl (C=O) groups excluding carboxylic acids is 1. The fraction of sp³-hybridized carbons (Fsp3) is 0.240. The summed E-state index contributed by atoms with van der Waals surface area (Å²) in [7, 11) is -1.62. The SMILES string of the molecule is COCCN(Cc1ccc(OC)c(OS(=O)(=O)c2ccc(F)cc2)c1)C(=O)Nc1cccc(C(F)(F)F)c1. The lowest BCUT2D eigenvalue weighted by molar-refractivity contribution is -0.137. The quantitative estimate of drug-likeness (QED) is 0.269. The lowest BCUT2D eigenvalue weighted by atomic mass is 10.2. The van der Waals surface area contributed by atoms with E-state index in [1.165, 1.54) is 43.4 Å². The molecule has 0 aromatic heterocycles. The number of amides is 2. The number of methoxy groups -OCH3 is 2. The lowest BCUT2D eigenvalue weighted by Gasteiger charge is -2.24. The number of halogens is 4. The van der Waals surface area contributed by atoms with Gasteiger partial charge in [0.25, 0.3) is 0 Å². The number of hydrogen-bond acceptors (Lipinski definition) is 6. The summed E-state index contributed by atoms with van der Waals surface area (Å²) < 4.78 is 93.2. The highest BCUT2D eigenvalue weighted by molar-refractivity contribution is 7.87. The molecule has 8 nitrogen and oxygen atoms in total. The van der Waals surface area contributed by atoms with Crippen molar-refractivity contribution in [2.24, 2.45) is 0 Å². The maximum absolute atomic E-state index is 13.2. The van der Waals surface area contributed by atoms with Crippen molar-refractivity contribution < 1.29 is 44.4 Å². The van der Waals surface area contributed by atoms with Crippen LogP contribution in [0.4, 0.5) is 28.0 Å². The van der Waals surface area contributed by atoms with Gasteiger partial charge in [-0.2, -0.15) is 21.6 Å². The number of rotatable bonds is 10. The Kier molecular flexibility index (Phi) is 9.17. The first kappa shape index (κ1) is 28.7. The molecule has 0 fully saturated rings. The molecule has 2 amide bonds. The van der Waals surface area contributed by atoms with Crippen molar-refractivity contribution in [3.63, 3.8) is 0 Å². The van der Waals surface area contributed by atoms with Crippen LogP contribution in [0.5, 0.6) is 11.5 Å². The van der Waals surface area contributed by atoms with Gasteiger partial charge in [-0.25, -0.2) is 9.18 Å². The van der Waals surface area contributed by atoms with E-state index in [9.17, 15) is 30.8 Å². The zero-order valence-corrected chi connectivity index (χ0v) is 21.1. The summed E-state index contributed by atoms with van der Waals surface area (Å²) in [4.78, 5) is 13.9. The predicted octanol–water partition coefficient (Wildman–Crippen LogP) is 5.30. The zero-order valence-electron chi connectivity index (χ0n) is 20.3. The molecule has 0 unspecified atom stereocenters. The van der Waals surface area contributed by atoms with Crippen LogP contribution in [0.15, 0.2) is 71.6 Å². The van der Waals surface area contributed by atoms with Gasteiger partial charge in [0, 0.05) is 25.9 Å². The Hall–Kier alpha value is -3.84. The van der Waals surface area contributed by atoms with E-state index in [2.05, 4.69) is 5.32 Å². The molecule has 38 heavy (non-hydrogen) atoms. The summed E-state index contributed by atoms with van der Waals surface area (Å²) in [5, 5.41) is 2.43. The third-order valence-corrected chi connectivity index (χ3v) is 6.45. The smallest absolute Gasteiger partial charge is 0.416 e. The van der Waals surface area contributed by atoms with Crippen LogP contribution in [0.1, 0.15) is 11.1 Å². The van der Waals surface area contributed by atoms with E-state index < -0.39 is 33.7 Å². The molecule has 0 aliphatic carbocycles. The van der Waals surface area contributed by atoms with Crippen molar-refractivity contribution >= 4 is 21.8 Å². The van der Waals surface area contributed by atoms with Crippen LogP contribution in [-0.4, -0.2) is 46.7 Å². The maximum Gasteiger partial charge on any atom is 0.416 e. The van der Waals surface area contributed by atoms with Crippen LogP contribution in [0.2, 0.25) is 0 Å². The Balaban J connectivity index is 1.84. The highest BCUT2D eigenvalue weighted by Crippen LogP contribution is 2.32. The van der Waals surface area contributed by atoms with E-state index in [1.54, 1.807) is 6.07 Å². The number of anilines is 1. The standard InChI is InChI=1S/C25H24F4N2O6S/c1-35-13-12-31(24(32)30-20-5-3-4-18(15-20)25(27,28)29)16-17-6-11-22(36-2)23(14-17)37-38(33,34)21-9-7-19(26)8-10-21/h3-11,14-15H,12-13,16H2,1-2H3,(H,30,32). The molecule has 0 saturated carbocycles. The summed E-state index contributed by atoms with van der Waals surface area (Å²) in [6.45, 7) is 0.108. The third kappa shape index (κ3) is 7.59. The Morgan fingerprint density at radius 2 is 1.68 bits per heavy atom. The van der Waals surface area contributed by atoms with Crippen molar-refractivity contribution in [3.05, 3.63) is 83.7 Å². The fourth-order valence-corrected chi connectivity index (χ4v) is 4.23.